The number of carbonyl (C=O) groups excluding carboxylic acids is 2. The smallest absolute Gasteiger partial charge is 0.264 e. The van der Waals surface area contributed by atoms with Gasteiger partial charge in [0.1, 0.15) is 24.1 Å². The molecule has 0 heterocycles. The SMILES string of the molecule is CCC(C(=O)NC1CCCC1)N(CCc1ccccc1)C(=O)CN(c1cc(OC)ccc1OC)S(=O)(=O)c1ccccc1. The van der Waals surface area contributed by atoms with Gasteiger partial charge in [-0.05, 0) is 55.5 Å². The Morgan fingerprint density at radius 3 is 2.19 bits per heavy atom. The van der Waals surface area contributed by atoms with Crippen LogP contribution in [0.3, 0.4) is 0 Å². The van der Waals surface area contributed by atoms with Crippen LogP contribution in [0.1, 0.15) is 44.6 Å². The first-order valence-electron chi connectivity index (χ1n) is 14.7. The summed E-state index contributed by atoms with van der Waals surface area (Å²) in [6.07, 6.45) is 4.85. The molecule has 1 aliphatic rings. The lowest BCUT2D eigenvalue weighted by molar-refractivity contribution is -0.139. The van der Waals surface area contributed by atoms with E-state index in [9.17, 15) is 18.0 Å². The van der Waals surface area contributed by atoms with E-state index in [4.69, 9.17) is 9.47 Å². The minimum atomic E-state index is -4.23. The van der Waals surface area contributed by atoms with Crippen molar-refractivity contribution in [3.8, 4) is 11.5 Å². The first kappa shape index (κ1) is 31.9. The number of methoxy groups -OCH3 is 2. The third kappa shape index (κ3) is 7.87. The first-order valence-corrected chi connectivity index (χ1v) is 16.2. The molecule has 9 nitrogen and oxygen atoms in total. The summed E-state index contributed by atoms with van der Waals surface area (Å²) < 4.78 is 40.2. The highest BCUT2D eigenvalue weighted by Crippen LogP contribution is 2.36. The van der Waals surface area contributed by atoms with E-state index in [1.165, 1.54) is 37.3 Å². The maximum Gasteiger partial charge on any atom is 0.264 e. The van der Waals surface area contributed by atoms with E-state index in [1.54, 1.807) is 30.3 Å². The Kier molecular flexibility index (Phi) is 11.1. The highest BCUT2D eigenvalue weighted by molar-refractivity contribution is 7.92. The van der Waals surface area contributed by atoms with Crippen molar-refractivity contribution in [1.29, 1.82) is 0 Å². The van der Waals surface area contributed by atoms with E-state index in [2.05, 4.69) is 5.32 Å². The lowest BCUT2D eigenvalue weighted by atomic mass is 10.1. The number of sulfonamides is 1. The van der Waals surface area contributed by atoms with Gasteiger partial charge in [0.05, 0.1) is 24.8 Å². The number of amides is 2. The monoisotopic (exact) mass is 607 g/mol. The molecule has 0 bridgehead atoms. The van der Waals surface area contributed by atoms with Crippen molar-refractivity contribution in [2.45, 2.75) is 62.4 Å². The lowest BCUT2D eigenvalue weighted by Crippen LogP contribution is -2.54. The van der Waals surface area contributed by atoms with Crippen LogP contribution in [0.5, 0.6) is 11.5 Å². The zero-order valence-electron chi connectivity index (χ0n) is 25.1. The predicted molar refractivity (Wildman–Crippen MR) is 167 cm³/mol. The van der Waals surface area contributed by atoms with E-state index in [0.717, 1.165) is 35.6 Å². The number of benzene rings is 3. The van der Waals surface area contributed by atoms with Gasteiger partial charge in [-0.1, -0.05) is 68.3 Å². The van der Waals surface area contributed by atoms with Crippen molar-refractivity contribution in [1.82, 2.24) is 10.2 Å². The van der Waals surface area contributed by atoms with Crippen LogP contribution in [0.2, 0.25) is 0 Å². The maximum atomic E-state index is 14.3. The molecular formula is C33H41N3O6S. The van der Waals surface area contributed by atoms with Crippen molar-refractivity contribution in [3.63, 3.8) is 0 Å². The molecule has 1 atom stereocenters. The summed E-state index contributed by atoms with van der Waals surface area (Å²) in [6.45, 7) is 1.57. The van der Waals surface area contributed by atoms with Crippen LogP contribution in [0, 0.1) is 0 Å². The summed E-state index contributed by atoms with van der Waals surface area (Å²) in [7, 11) is -1.31. The Labute approximate surface area is 254 Å². The van der Waals surface area contributed by atoms with E-state index in [0.29, 0.717) is 18.6 Å². The molecule has 0 saturated heterocycles. The van der Waals surface area contributed by atoms with Gasteiger partial charge in [-0.3, -0.25) is 13.9 Å². The zero-order chi connectivity index (χ0) is 30.8. The van der Waals surface area contributed by atoms with E-state index in [-0.39, 0.29) is 34.8 Å². The predicted octanol–water partition coefficient (Wildman–Crippen LogP) is 4.81. The van der Waals surface area contributed by atoms with Crippen molar-refractivity contribution < 1.29 is 27.5 Å². The molecule has 4 rings (SSSR count). The van der Waals surface area contributed by atoms with Crippen LogP contribution in [0.15, 0.2) is 83.8 Å². The normalized spacial score (nSPS) is 14.1. The Balaban J connectivity index is 1.73. The molecule has 1 unspecified atom stereocenters. The molecule has 230 valence electrons. The molecule has 43 heavy (non-hydrogen) atoms. The van der Waals surface area contributed by atoms with Crippen LogP contribution < -0.4 is 19.1 Å². The first-order chi connectivity index (χ1) is 20.8. The third-order valence-corrected chi connectivity index (χ3v) is 9.61. The van der Waals surface area contributed by atoms with Crippen molar-refractivity contribution >= 4 is 27.5 Å². The zero-order valence-corrected chi connectivity index (χ0v) is 25.9. The summed E-state index contributed by atoms with van der Waals surface area (Å²) >= 11 is 0. The second-order valence-corrected chi connectivity index (χ2v) is 12.5. The van der Waals surface area contributed by atoms with Crippen molar-refractivity contribution in [3.05, 3.63) is 84.4 Å². The second kappa shape index (κ2) is 14.9. The summed E-state index contributed by atoms with van der Waals surface area (Å²) in [5.74, 6) is -0.0456. The third-order valence-electron chi connectivity index (χ3n) is 7.84. The lowest BCUT2D eigenvalue weighted by Gasteiger charge is -2.34. The van der Waals surface area contributed by atoms with Crippen LogP contribution in [-0.4, -0.2) is 64.5 Å². The molecular weight excluding hydrogens is 566 g/mol. The molecule has 3 aromatic rings. The molecule has 2 amide bonds. The van der Waals surface area contributed by atoms with Crippen LogP contribution in [-0.2, 0) is 26.0 Å². The van der Waals surface area contributed by atoms with E-state index in [1.807, 2.05) is 37.3 Å². The molecule has 0 aromatic heterocycles. The minimum absolute atomic E-state index is 0.0227. The van der Waals surface area contributed by atoms with E-state index < -0.39 is 28.5 Å². The average molecular weight is 608 g/mol. The molecule has 1 aliphatic carbocycles. The van der Waals surface area contributed by atoms with Gasteiger partial charge >= 0.3 is 0 Å². The quantitative estimate of drug-likeness (QED) is 0.282. The molecule has 10 heteroatoms. The van der Waals surface area contributed by atoms with Gasteiger partial charge in [0, 0.05) is 18.7 Å². The maximum absolute atomic E-state index is 14.3. The van der Waals surface area contributed by atoms with Gasteiger partial charge in [-0.15, -0.1) is 0 Å². The minimum Gasteiger partial charge on any atom is -0.497 e. The largest absolute Gasteiger partial charge is 0.497 e. The van der Waals surface area contributed by atoms with Gasteiger partial charge in [0.2, 0.25) is 11.8 Å². The number of hydrogen-bond donors (Lipinski definition) is 1. The van der Waals surface area contributed by atoms with Crippen LogP contribution in [0.4, 0.5) is 5.69 Å². The topological polar surface area (TPSA) is 105 Å². The van der Waals surface area contributed by atoms with E-state index >= 15 is 0 Å². The number of hydrogen-bond acceptors (Lipinski definition) is 6. The number of rotatable bonds is 14. The van der Waals surface area contributed by atoms with Crippen molar-refractivity contribution in [2.24, 2.45) is 0 Å². The second-order valence-electron chi connectivity index (χ2n) is 10.6. The summed E-state index contributed by atoms with van der Waals surface area (Å²) in [6, 6.07) is 21.8. The fourth-order valence-corrected chi connectivity index (χ4v) is 6.93. The fourth-order valence-electron chi connectivity index (χ4n) is 5.49. The van der Waals surface area contributed by atoms with Crippen LogP contribution in [0.25, 0.3) is 0 Å². The molecule has 1 N–H and O–H groups in total. The average Bonchev–Trinajstić information content (AvgIpc) is 3.55. The fraction of sp³-hybridized carbons (Fsp3) is 0.394. The Bertz CT molecular complexity index is 1460. The van der Waals surface area contributed by atoms with Gasteiger partial charge in [0.15, 0.2) is 0 Å². The summed E-state index contributed by atoms with van der Waals surface area (Å²) in [5, 5.41) is 3.14. The van der Waals surface area contributed by atoms with Crippen molar-refractivity contribution in [2.75, 3.05) is 31.6 Å². The molecule has 0 spiro atoms. The highest BCUT2D eigenvalue weighted by Gasteiger charge is 2.35. The Morgan fingerprint density at radius 2 is 1.58 bits per heavy atom. The number of nitrogens with one attached hydrogen (secondary N) is 1. The number of ether oxygens (including phenoxy) is 2. The summed E-state index contributed by atoms with van der Waals surface area (Å²) in [5.41, 5.74) is 1.17. The number of nitrogens with zero attached hydrogens (tertiary/aromatic N) is 2. The molecule has 3 aromatic carbocycles. The molecule has 0 radical (unpaired) electrons. The van der Waals surface area contributed by atoms with Gasteiger partial charge in [0.25, 0.3) is 10.0 Å². The van der Waals surface area contributed by atoms with Gasteiger partial charge in [-0.25, -0.2) is 8.42 Å². The Morgan fingerprint density at radius 1 is 0.930 bits per heavy atom. The Hall–Kier alpha value is -4.05. The highest BCUT2D eigenvalue weighted by atomic mass is 32.2. The molecule has 1 fully saturated rings. The standard InChI is InChI=1S/C33H41N3O6S/c1-4-29(33(38)34-26-15-11-12-16-26)35(22-21-25-13-7-5-8-14-25)32(37)24-36(43(39,40)28-17-9-6-10-18-28)30-23-27(41-2)19-20-31(30)42-3/h5-10,13-14,17-20,23,26,29H,4,11-12,15-16,21-22,24H2,1-3H3,(H,34,38). The van der Waals surface area contributed by atoms with Gasteiger partial charge < -0.3 is 19.7 Å². The molecule has 1 saturated carbocycles. The summed E-state index contributed by atoms with van der Waals surface area (Å²) in [4.78, 5) is 29.4. The van der Waals surface area contributed by atoms with Crippen LogP contribution >= 0.6 is 0 Å². The molecule has 0 aliphatic heterocycles. The number of carbonyl (C=O) groups is 2. The number of anilines is 1. The van der Waals surface area contributed by atoms with Gasteiger partial charge in [-0.2, -0.15) is 0 Å².